The number of ether oxygens (including phenoxy) is 4. The fourth-order valence-electron chi connectivity index (χ4n) is 3.27. The lowest BCUT2D eigenvalue weighted by Gasteiger charge is -2.16. The van der Waals surface area contributed by atoms with Gasteiger partial charge in [-0.2, -0.15) is 0 Å². The van der Waals surface area contributed by atoms with Gasteiger partial charge in [-0.3, -0.25) is 4.79 Å². The van der Waals surface area contributed by atoms with Crippen LogP contribution in [-0.4, -0.2) is 17.4 Å². The Bertz CT molecular complexity index is 810. The van der Waals surface area contributed by atoms with Crippen LogP contribution in [0.15, 0.2) is 36.4 Å². The molecular formula is C21H22O5. The van der Waals surface area contributed by atoms with E-state index in [0.29, 0.717) is 35.8 Å². The van der Waals surface area contributed by atoms with Crippen molar-refractivity contribution in [3.63, 3.8) is 0 Å². The van der Waals surface area contributed by atoms with Crippen LogP contribution in [0.4, 0.5) is 0 Å². The normalized spacial score (nSPS) is 18.0. The summed E-state index contributed by atoms with van der Waals surface area (Å²) in [7, 11) is 0. The third kappa shape index (κ3) is 3.34. The average Bonchev–Trinajstić information content (AvgIpc) is 2.98. The van der Waals surface area contributed by atoms with Crippen LogP contribution in [0.5, 0.6) is 23.0 Å². The van der Waals surface area contributed by atoms with Crippen molar-refractivity contribution in [3.8, 4) is 23.0 Å². The fraction of sp³-hybridized carbons (Fsp3) is 0.381. The molecule has 136 valence electrons. The van der Waals surface area contributed by atoms with Crippen molar-refractivity contribution in [2.45, 2.75) is 52.1 Å². The second-order valence-corrected chi connectivity index (χ2v) is 7.66. The van der Waals surface area contributed by atoms with Crippen molar-refractivity contribution < 1.29 is 23.7 Å². The maximum Gasteiger partial charge on any atom is 0.246 e. The number of benzene rings is 2. The summed E-state index contributed by atoms with van der Waals surface area (Å²) >= 11 is 0. The first kappa shape index (κ1) is 16.8. The largest absolute Gasteiger partial charge is 0.449 e. The minimum Gasteiger partial charge on any atom is -0.449 e. The first-order valence-electron chi connectivity index (χ1n) is 8.73. The summed E-state index contributed by atoms with van der Waals surface area (Å²) in [6.45, 7) is 7.44. The third-order valence-electron chi connectivity index (χ3n) is 4.24. The topological polar surface area (TPSA) is 54.0 Å². The summed E-state index contributed by atoms with van der Waals surface area (Å²) in [6, 6.07) is 11.3. The van der Waals surface area contributed by atoms with E-state index in [1.165, 1.54) is 0 Å². The molecule has 0 spiro atoms. The van der Waals surface area contributed by atoms with E-state index in [1.807, 2.05) is 64.1 Å². The van der Waals surface area contributed by atoms with Gasteiger partial charge in [-0.15, -0.1) is 0 Å². The van der Waals surface area contributed by atoms with Gasteiger partial charge in [-0.1, -0.05) is 12.1 Å². The van der Waals surface area contributed by atoms with Crippen molar-refractivity contribution in [1.82, 2.24) is 0 Å². The third-order valence-corrected chi connectivity index (χ3v) is 4.24. The van der Waals surface area contributed by atoms with E-state index in [1.54, 1.807) is 0 Å². The quantitative estimate of drug-likeness (QED) is 0.829. The van der Waals surface area contributed by atoms with E-state index in [2.05, 4.69) is 0 Å². The second-order valence-electron chi connectivity index (χ2n) is 7.66. The van der Waals surface area contributed by atoms with Crippen LogP contribution in [0, 0.1) is 0 Å². The standard InChI is InChI=1S/C21H22O5/c1-20(2)23-16-7-5-13(11-18(16)25-20)9-15(22)10-14-6-8-17-19(12-14)26-21(3,4)24-17/h5-8,11-12H,9-10H2,1-4H3. The molecule has 2 aliphatic rings. The number of carbonyl (C=O) groups excluding carboxylic acids is 1. The van der Waals surface area contributed by atoms with E-state index in [9.17, 15) is 4.79 Å². The summed E-state index contributed by atoms with van der Waals surface area (Å²) < 4.78 is 22.8. The highest BCUT2D eigenvalue weighted by molar-refractivity contribution is 5.83. The first-order chi connectivity index (χ1) is 12.2. The molecule has 0 unspecified atom stereocenters. The molecule has 5 heteroatoms. The van der Waals surface area contributed by atoms with Crippen LogP contribution >= 0.6 is 0 Å². The van der Waals surface area contributed by atoms with Gasteiger partial charge in [0, 0.05) is 40.5 Å². The van der Waals surface area contributed by atoms with E-state index in [0.717, 1.165) is 11.1 Å². The van der Waals surface area contributed by atoms with Crippen LogP contribution < -0.4 is 18.9 Å². The SMILES string of the molecule is CC1(C)Oc2ccc(CC(=O)Cc3ccc4c(c3)OC(C)(C)O4)cc2O1. The number of ketones is 1. The van der Waals surface area contributed by atoms with Gasteiger partial charge >= 0.3 is 0 Å². The predicted molar refractivity (Wildman–Crippen MR) is 96.0 cm³/mol. The predicted octanol–water partition coefficient (Wildman–Crippen LogP) is 4.06. The molecule has 0 saturated carbocycles. The Morgan fingerprint density at radius 2 is 1.08 bits per heavy atom. The number of Topliss-reactive ketones (excluding diaryl/α,β-unsaturated/α-hetero) is 1. The lowest BCUT2D eigenvalue weighted by Crippen LogP contribution is -2.29. The van der Waals surface area contributed by atoms with Crippen LogP contribution in [0.25, 0.3) is 0 Å². The van der Waals surface area contributed by atoms with Crippen LogP contribution in [0.3, 0.4) is 0 Å². The molecule has 0 aliphatic carbocycles. The molecular weight excluding hydrogens is 332 g/mol. The first-order valence-corrected chi connectivity index (χ1v) is 8.73. The van der Waals surface area contributed by atoms with Crippen LogP contribution in [0.1, 0.15) is 38.8 Å². The summed E-state index contributed by atoms with van der Waals surface area (Å²) in [5.74, 6) is 1.60. The Hall–Kier alpha value is -2.69. The number of rotatable bonds is 4. The fourth-order valence-corrected chi connectivity index (χ4v) is 3.27. The van der Waals surface area contributed by atoms with Gasteiger partial charge in [-0.05, 0) is 35.4 Å². The summed E-state index contributed by atoms with van der Waals surface area (Å²) in [5.41, 5.74) is 1.83. The van der Waals surface area contributed by atoms with Gasteiger partial charge in [0.1, 0.15) is 5.78 Å². The van der Waals surface area contributed by atoms with Gasteiger partial charge in [0.25, 0.3) is 0 Å². The highest BCUT2D eigenvalue weighted by Crippen LogP contribution is 2.40. The zero-order valence-electron chi connectivity index (χ0n) is 15.4. The molecule has 0 saturated heterocycles. The summed E-state index contributed by atoms with van der Waals surface area (Å²) in [6.07, 6.45) is 0.688. The molecule has 26 heavy (non-hydrogen) atoms. The number of hydrogen-bond donors (Lipinski definition) is 0. The van der Waals surface area contributed by atoms with Crippen molar-refractivity contribution in [3.05, 3.63) is 47.5 Å². The molecule has 0 atom stereocenters. The molecule has 5 nitrogen and oxygen atoms in total. The van der Waals surface area contributed by atoms with Gasteiger partial charge < -0.3 is 18.9 Å². The minimum atomic E-state index is -0.661. The Labute approximate surface area is 152 Å². The molecule has 0 fully saturated rings. The summed E-state index contributed by atoms with van der Waals surface area (Å²) in [5, 5.41) is 0. The van der Waals surface area contributed by atoms with Crippen molar-refractivity contribution in [2.24, 2.45) is 0 Å². The lowest BCUT2D eigenvalue weighted by atomic mass is 10.0. The monoisotopic (exact) mass is 354 g/mol. The number of fused-ring (bicyclic) bond motifs is 2. The van der Waals surface area contributed by atoms with Crippen molar-refractivity contribution in [1.29, 1.82) is 0 Å². The number of hydrogen-bond acceptors (Lipinski definition) is 5. The lowest BCUT2D eigenvalue weighted by molar-refractivity contribution is -0.117. The molecule has 2 aromatic carbocycles. The van der Waals surface area contributed by atoms with Crippen LogP contribution in [-0.2, 0) is 17.6 Å². The molecule has 2 heterocycles. The highest BCUT2D eigenvalue weighted by atomic mass is 16.7. The van der Waals surface area contributed by atoms with Gasteiger partial charge in [0.2, 0.25) is 11.6 Å². The Morgan fingerprint density at radius 1 is 0.692 bits per heavy atom. The Balaban J connectivity index is 1.43. The molecule has 0 amide bonds. The second kappa shape index (κ2) is 5.66. The Morgan fingerprint density at radius 3 is 1.50 bits per heavy atom. The Kier molecular flexibility index (Phi) is 3.65. The number of carbonyl (C=O) groups is 1. The molecule has 0 aromatic heterocycles. The molecule has 0 N–H and O–H groups in total. The van der Waals surface area contributed by atoms with E-state index >= 15 is 0 Å². The van der Waals surface area contributed by atoms with Crippen molar-refractivity contribution >= 4 is 5.78 Å². The van der Waals surface area contributed by atoms with Crippen molar-refractivity contribution in [2.75, 3.05) is 0 Å². The zero-order chi connectivity index (χ0) is 18.5. The smallest absolute Gasteiger partial charge is 0.246 e. The molecule has 0 radical (unpaired) electrons. The van der Waals surface area contributed by atoms with Crippen LogP contribution in [0.2, 0.25) is 0 Å². The molecule has 2 aromatic rings. The maximum absolute atomic E-state index is 12.5. The van der Waals surface area contributed by atoms with Gasteiger partial charge in [-0.25, -0.2) is 0 Å². The van der Waals surface area contributed by atoms with E-state index in [4.69, 9.17) is 18.9 Å². The average molecular weight is 354 g/mol. The van der Waals surface area contributed by atoms with Gasteiger partial charge in [0.15, 0.2) is 23.0 Å². The van der Waals surface area contributed by atoms with E-state index in [-0.39, 0.29) is 5.78 Å². The van der Waals surface area contributed by atoms with E-state index < -0.39 is 11.6 Å². The molecule has 2 aliphatic heterocycles. The van der Waals surface area contributed by atoms with Gasteiger partial charge in [0.05, 0.1) is 0 Å². The molecule has 4 rings (SSSR count). The maximum atomic E-state index is 12.5. The zero-order valence-corrected chi connectivity index (χ0v) is 15.4. The highest BCUT2D eigenvalue weighted by Gasteiger charge is 2.32. The molecule has 0 bridgehead atoms. The summed E-state index contributed by atoms with van der Waals surface area (Å²) in [4.78, 5) is 12.5. The minimum absolute atomic E-state index is 0.126.